The molecule has 0 radical (unpaired) electrons. The van der Waals surface area contributed by atoms with E-state index in [2.05, 4.69) is 35.4 Å². The molecule has 2 nitrogen and oxygen atoms in total. The minimum absolute atomic E-state index is 0.392. The second kappa shape index (κ2) is 3.91. The van der Waals surface area contributed by atoms with E-state index in [1.165, 1.54) is 27.3 Å². The van der Waals surface area contributed by atoms with Gasteiger partial charge in [0.1, 0.15) is 11.5 Å². The van der Waals surface area contributed by atoms with E-state index in [1.54, 1.807) is 0 Å². The van der Waals surface area contributed by atoms with Crippen LogP contribution in [0.15, 0.2) is 35.4 Å². The number of rotatable bonds is 1. The van der Waals surface area contributed by atoms with Crippen LogP contribution in [0.5, 0.6) is 0 Å². The highest BCUT2D eigenvalue weighted by molar-refractivity contribution is 7.97. The van der Waals surface area contributed by atoms with E-state index in [0.29, 0.717) is 10.9 Å². The molecule has 0 spiro atoms. The molecule has 2 heterocycles. The number of ether oxygens (including phenoxy) is 1. The number of hydrogen-bond acceptors (Lipinski definition) is 1. The fourth-order valence-corrected chi connectivity index (χ4v) is 4.02. The highest BCUT2D eigenvalue weighted by Gasteiger charge is 2.27. The number of nitrogens with one attached hydrogen (secondary N) is 1. The molecule has 2 aromatic rings. The average Bonchev–Trinajstić information content (AvgIpc) is 2.74. The van der Waals surface area contributed by atoms with Gasteiger partial charge in [0.2, 0.25) is 0 Å². The van der Waals surface area contributed by atoms with Gasteiger partial charge in [-0.25, -0.2) is 0 Å². The lowest BCUT2D eigenvalue weighted by atomic mass is 10.2. The third-order valence-corrected chi connectivity index (χ3v) is 5.09. The van der Waals surface area contributed by atoms with Gasteiger partial charge in [0.15, 0.2) is 4.90 Å². The Balaban J connectivity index is 2.02. The highest BCUT2D eigenvalue weighted by Crippen LogP contribution is 2.26. The first-order valence-electron chi connectivity index (χ1n) is 5.26. The molecular weight excluding hydrogens is 206 g/mol. The van der Waals surface area contributed by atoms with Gasteiger partial charge in [-0.05, 0) is 12.1 Å². The molecule has 0 saturated carbocycles. The molecular formula is C12H14NOS+. The molecule has 0 atom stereocenters. The first kappa shape index (κ1) is 9.31. The SMILES string of the molecule is c1ccc2c([S+]3CCOCC3)c[nH]c2c1. The first-order valence-corrected chi connectivity index (χ1v) is 6.83. The summed E-state index contributed by atoms with van der Waals surface area (Å²) in [5, 5.41) is 1.39. The van der Waals surface area contributed by atoms with Crippen LogP contribution >= 0.6 is 0 Å². The number of benzene rings is 1. The molecule has 78 valence electrons. The molecule has 0 bridgehead atoms. The summed E-state index contributed by atoms with van der Waals surface area (Å²) in [5.41, 5.74) is 1.26. The lowest BCUT2D eigenvalue weighted by Crippen LogP contribution is -2.26. The standard InChI is InChI=1S/C12H14NOS/c1-2-4-11-10(3-1)12(9-13-11)15-7-5-14-6-8-15/h1-4,9,13H,5-8H2/q+1. The zero-order valence-electron chi connectivity index (χ0n) is 8.53. The van der Waals surface area contributed by atoms with Crippen molar-refractivity contribution in [3.63, 3.8) is 0 Å². The Morgan fingerprint density at radius 1 is 1.13 bits per heavy atom. The van der Waals surface area contributed by atoms with Gasteiger partial charge in [0.25, 0.3) is 0 Å². The van der Waals surface area contributed by atoms with Crippen molar-refractivity contribution in [1.82, 2.24) is 4.98 Å². The van der Waals surface area contributed by atoms with Crippen molar-refractivity contribution in [2.45, 2.75) is 4.90 Å². The molecule has 0 amide bonds. The predicted molar refractivity (Wildman–Crippen MR) is 64.5 cm³/mol. The summed E-state index contributed by atoms with van der Waals surface area (Å²) in [5.74, 6) is 2.36. The molecule has 3 heteroatoms. The maximum Gasteiger partial charge on any atom is 0.180 e. The van der Waals surface area contributed by atoms with Crippen molar-refractivity contribution in [3.05, 3.63) is 30.5 Å². The van der Waals surface area contributed by atoms with Crippen LogP contribution in [0.2, 0.25) is 0 Å². The number of para-hydroxylation sites is 1. The molecule has 1 aromatic heterocycles. The molecule has 1 aliphatic rings. The van der Waals surface area contributed by atoms with Crippen LogP contribution in [-0.4, -0.2) is 29.7 Å². The molecule has 3 rings (SSSR count). The zero-order valence-corrected chi connectivity index (χ0v) is 9.35. The minimum Gasteiger partial charge on any atom is -0.372 e. The molecule has 1 aromatic carbocycles. The van der Waals surface area contributed by atoms with Crippen molar-refractivity contribution < 1.29 is 4.74 Å². The van der Waals surface area contributed by atoms with Crippen LogP contribution < -0.4 is 0 Å². The highest BCUT2D eigenvalue weighted by atomic mass is 32.2. The Labute approximate surface area is 92.0 Å². The minimum atomic E-state index is 0.392. The Bertz CT molecular complexity index is 459. The molecule has 1 N–H and O–H groups in total. The first-order chi connectivity index (χ1) is 7.45. The van der Waals surface area contributed by atoms with Crippen LogP contribution in [0, 0.1) is 0 Å². The van der Waals surface area contributed by atoms with Crippen molar-refractivity contribution in [2.24, 2.45) is 0 Å². The average molecular weight is 220 g/mol. The van der Waals surface area contributed by atoms with Gasteiger partial charge in [-0.15, -0.1) is 0 Å². The maximum absolute atomic E-state index is 5.41. The summed E-state index contributed by atoms with van der Waals surface area (Å²) in [4.78, 5) is 4.85. The van der Waals surface area contributed by atoms with Crippen LogP contribution in [0.4, 0.5) is 0 Å². The van der Waals surface area contributed by atoms with E-state index in [-0.39, 0.29) is 0 Å². The van der Waals surface area contributed by atoms with Crippen LogP contribution in [0.1, 0.15) is 0 Å². The Morgan fingerprint density at radius 3 is 2.80 bits per heavy atom. The second-order valence-electron chi connectivity index (χ2n) is 3.71. The Morgan fingerprint density at radius 2 is 1.93 bits per heavy atom. The molecule has 15 heavy (non-hydrogen) atoms. The van der Waals surface area contributed by atoms with E-state index in [4.69, 9.17) is 4.74 Å². The monoisotopic (exact) mass is 220 g/mol. The van der Waals surface area contributed by atoms with E-state index < -0.39 is 0 Å². The Hall–Kier alpha value is -0.930. The van der Waals surface area contributed by atoms with Crippen molar-refractivity contribution in [3.8, 4) is 0 Å². The van der Waals surface area contributed by atoms with Gasteiger partial charge in [-0.1, -0.05) is 12.1 Å². The normalized spacial score (nSPS) is 18.4. The van der Waals surface area contributed by atoms with Gasteiger partial charge in [-0.3, -0.25) is 0 Å². The molecule has 1 aliphatic heterocycles. The second-order valence-corrected chi connectivity index (χ2v) is 5.95. The molecule has 0 aliphatic carbocycles. The van der Waals surface area contributed by atoms with Gasteiger partial charge >= 0.3 is 0 Å². The lowest BCUT2D eigenvalue weighted by molar-refractivity contribution is 0.159. The van der Waals surface area contributed by atoms with Crippen LogP contribution in [-0.2, 0) is 15.6 Å². The summed E-state index contributed by atoms with van der Waals surface area (Å²) in [6, 6.07) is 8.55. The number of H-pyrrole nitrogens is 1. The van der Waals surface area contributed by atoms with Gasteiger partial charge in [0, 0.05) is 10.9 Å². The number of fused-ring (bicyclic) bond motifs is 1. The third-order valence-electron chi connectivity index (χ3n) is 2.81. The smallest absolute Gasteiger partial charge is 0.180 e. The third kappa shape index (κ3) is 1.66. The summed E-state index contributed by atoms with van der Waals surface area (Å²) < 4.78 is 5.41. The predicted octanol–water partition coefficient (Wildman–Crippen LogP) is 2.18. The van der Waals surface area contributed by atoms with Crippen molar-refractivity contribution >= 4 is 21.8 Å². The van der Waals surface area contributed by atoms with E-state index in [1.807, 2.05) is 0 Å². The number of aromatic nitrogens is 1. The van der Waals surface area contributed by atoms with Crippen molar-refractivity contribution in [2.75, 3.05) is 24.7 Å². The van der Waals surface area contributed by atoms with Gasteiger partial charge in [0.05, 0.1) is 30.3 Å². The van der Waals surface area contributed by atoms with Crippen molar-refractivity contribution in [1.29, 1.82) is 0 Å². The lowest BCUT2D eigenvalue weighted by Gasteiger charge is -2.13. The van der Waals surface area contributed by atoms with Crippen LogP contribution in [0.3, 0.4) is 0 Å². The van der Waals surface area contributed by atoms with E-state index in [0.717, 1.165) is 13.2 Å². The summed E-state index contributed by atoms with van der Waals surface area (Å²) in [7, 11) is 0.392. The quantitative estimate of drug-likeness (QED) is 0.732. The molecule has 1 saturated heterocycles. The molecule has 0 unspecified atom stereocenters. The number of aromatic amines is 1. The molecule has 1 fully saturated rings. The van der Waals surface area contributed by atoms with E-state index >= 15 is 0 Å². The number of hydrogen-bond donors (Lipinski definition) is 1. The fourth-order valence-electron chi connectivity index (χ4n) is 2.03. The van der Waals surface area contributed by atoms with E-state index in [9.17, 15) is 0 Å². The Kier molecular flexibility index (Phi) is 2.43. The fraction of sp³-hybridized carbons (Fsp3) is 0.333. The van der Waals surface area contributed by atoms with Gasteiger partial charge < -0.3 is 9.72 Å². The topological polar surface area (TPSA) is 25.0 Å². The zero-order chi connectivity index (χ0) is 10.1. The van der Waals surface area contributed by atoms with Gasteiger partial charge in [-0.2, -0.15) is 0 Å². The summed E-state index contributed by atoms with van der Waals surface area (Å²) in [6.07, 6.45) is 2.18. The van der Waals surface area contributed by atoms with Crippen LogP contribution in [0.25, 0.3) is 10.9 Å². The summed E-state index contributed by atoms with van der Waals surface area (Å²) in [6.45, 7) is 1.84. The maximum atomic E-state index is 5.41. The summed E-state index contributed by atoms with van der Waals surface area (Å²) >= 11 is 0. The largest absolute Gasteiger partial charge is 0.372 e.